The van der Waals surface area contributed by atoms with Crippen molar-refractivity contribution in [3.8, 4) is 0 Å². The Kier molecular flexibility index (Phi) is 6.44. The van der Waals surface area contributed by atoms with Crippen molar-refractivity contribution in [3.63, 3.8) is 0 Å². The Morgan fingerprint density at radius 1 is 1.50 bits per heavy atom. The zero-order valence-corrected chi connectivity index (χ0v) is 14.9. The van der Waals surface area contributed by atoms with Crippen LogP contribution in [0.1, 0.15) is 63.4 Å². The lowest BCUT2D eigenvalue weighted by molar-refractivity contribution is -0.0129. The van der Waals surface area contributed by atoms with Gasteiger partial charge in [-0.2, -0.15) is 0 Å². The fraction of sp³-hybridized carbons (Fsp3) is 0.550. The summed E-state index contributed by atoms with van der Waals surface area (Å²) in [7, 11) is 0. The fourth-order valence-corrected chi connectivity index (χ4v) is 3.07. The zero-order chi connectivity index (χ0) is 17.6. The lowest BCUT2D eigenvalue weighted by Gasteiger charge is -2.35. The monoisotopic (exact) mass is 332 g/mol. The average molecular weight is 332 g/mol. The number of carbonyl (C=O) groups is 1. The highest BCUT2D eigenvalue weighted by Crippen LogP contribution is 2.35. The zero-order valence-electron chi connectivity index (χ0n) is 14.9. The SMILES string of the molecule is CC(C)=CCCC(C)(O)C1CC=C(COC(=O)c2ccco2)CC1. The van der Waals surface area contributed by atoms with E-state index in [2.05, 4.69) is 26.0 Å². The largest absolute Gasteiger partial charge is 0.457 e. The summed E-state index contributed by atoms with van der Waals surface area (Å²) in [5, 5.41) is 10.7. The molecular weight excluding hydrogens is 304 g/mol. The number of hydrogen-bond donors (Lipinski definition) is 1. The molecule has 4 nitrogen and oxygen atoms in total. The van der Waals surface area contributed by atoms with Crippen LogP contribution in [-0.4, -0.2) is 23.3 Å². The maximum atomic E-state index is 11.8. The summed E-state index contributed by atoms with van der Waals surface area (Å²) < 4.78 is 10.3. The predicted molar refractivity (Wildman–Crippen MR) is 93.7 cm³/mol. The average Bonchev–Trinajstić information content (AvgIpc) is 3.07. The molecule has 132 valence electrons. The van der Waals surface area contributed by atoms with Crippen LogP contribution >= 0.6 is 0 Å². The van der Waals surface area contributed by atoms with E-state index in [-0.39, 0.29) is 11.7 Å². The number of rotatable bonds is 7. The third kappa shape index (κ3) is 5.38. The van der Waals surface area contributed by atoms with Gasteiger partial charge in [0.1, 0.15) is 6.61 Å². The lowest BCUT2D eigenvalue weighted by Crippen LogP contribution is -2.35. The molecule has 2 rings (SSSR count). The highest BCUT2D eigenvalue weighted by Gasteiger charge is 2.32. The molecule has 1 aromatic rings. The van der Waals surface area contributed by atoms with Gasteiger partial charge in [-0.3, -0.25) is 0 Å². The van der Waals surface area contributed by atoms with Gasteiger partial charge < -0.3 is 14.3 Å². The van der Waals surface area contributed by atoms with E-state index in [1.165, 1.54) is 11.8 Å². The summed E-state index contributed by atoms with van der Waals surface area (Å²) in [4.78, 5) is 11.8. The number of ether oxygens (including phenoxy) is 1. The summed E-state index contributed by atoms with van der Waals surface area (Å²) >= 11 is 0. The molecule has 0 radical (unpaired) electrons. The first kappa shape index (κ1) is 18.5. The minimum Gasteiger partial charge on any atom is -0.457 e. The molecule has 1 aliphatic carbocycles. The topological polar surface area (TPSA) is 59.7 Å². The first-order valence-corrected chi connectivity index (χ1v) is 8.63. The van der Waals surface area contributed by atoms with E-state index in [1.54, 1.807) is 12.1 Å². The molecule has 1 aromatic heterocycles. The van der Waals surface area contributed by atoms with Crippen molar-refractivity contribution in [1.29, 1.82) is 0 Å². The molecule has 0 bridgehead atoms. The van der Waals surface area contributed by atoms with E-state index in [1.807, 2.05) is 6.92 Å². The molecule has 2 atom stereocenters. The van der Waals surface area contributed by atoms with Crippen molar-refractivity contribution < 1.29 is 19.1 Å². The summed E-state index contributed by atoms with van der Waals surface area (Å²) in [5.41, 5.74) is 1.75. The molecule has 1 N–H and O–H groups in total. The molecule has 24 heavy (non-hydrogen) atoms. The van der Waals surface area contributed by atoms with Crippen LogP contribution in [0.15, 0.2) is 46.1 Å². The Labute approximate surface area is 144 Å². The third-order valence-electron chi connectivity index (χ3n) is 4.70. The second-order valence-electron chi connectivity index (χ2n) is 7.06. The highest BCUT2D eigenvalue weighted by atomic mass is 16.5. The molecule has 0 aliphatic heterocycles. The summed E-state index contributed by atoms with van der Waals surface area (Å²) in [6.45, 7) is 6.39. The normalized spacial score (nSPS) is 20.0. The predicted octanol–water partition coefficient (Wildman–Crippen LogP) is 4.66. The lowest BCUT2D eigenvalue weighted by atomic mass is 9.76. The number of allylic oxidation sites excluding steroid dienone is 3. The van der Waals surface area contributed by atoms with E-state index < -0.39 is 11.6 Å². The molecule has 1 aliphatic rings. The van der Waals surface area contributed by atoms with Gasteiger partial charge in [0.05, 0.1) is 11.9 Å². The Bertz CT molecular complexity index is 589. The van der Waals surface area contributed by atoms with Crippen LogP contribution in [0, 0.1) is 5.92 Å². The number of hydrogen-bond acceptors (Lipinski definition) is 4. The van der Waals surface area contributed by atoms with Crippen LogP contribution in [0.2, 0.25) is 0 Å². The minimum absolute atomic E-state index is 0.228. The van der Waals surface area contributed by atoms with Crippen molar-refractivity contribution in [2.75, 3.05) is 6.61 Å². The van der Waals surface area contributed by atoms with Crippen LogP contribution in [-0.2, 0) is 4.74 Å². The van der Waals surface area contributed by atoms with Crippen molar-refractivity contribution >= 4 is 5.97 Å². The van der Waals surface area contributed by atoms with Gasteiger partial charge in [-0.1, -0.05) is 17.7 Å². The van der Waals surface area contributed by atoms with E-state index in [0.717, 1.165) is 37.7 Å². The molecule has 1 heterocycles. The molecule has 0 amide bonds. The minimum atomic E-state index is -0.654. The molecule has 0 fully saturated rings. The van der Waals surface area contributed by atoms with Crippen LogP contribution in [0.25, 0.3) is 0 Å². The highest BCUT2D eigenvalue weighted by molar-refractivity contribution is 5.86. The van der Waals surface area contributed by atoms with Gasteiger partial charge in [0.2, 0.25) is 5.76 Å². The Balaban J connectivity index is 1.80. The van der Waals surface area contributed by atoms with Crippen molar-refractivity contribution in [1.82, 2.24) is 0 Å². The number of esters is 1. The second-order valence-corrected chi connectivity index (χ2v) is 7.06. The van der Waals surface area contributed by atoms with Gasteiger partial charge in [0, 0.05) is 0 Å². The van der Waals surface area contributed by atoms with Crippen LogP contribution in [0.3, 0.4) is 0 Å². The molecule has 2 unspecified atom stereocenters. The number of aliphatic hydroxyl groups is 1. The first-order chi connectivity index (χ1) is 11.4. The smallest absolute Gasteiger partial charge is 0.374 e. The molecule has 4 heteroatoms. The van der Waals surface area contributed by atoms with Gasteiger partial charge in [-0.25, -0.2) is 4.79 Å². The van der Waals surface area contributed by atoms with Gasteiger partial charge in [-0.05, 0) is 76.5 Å². The maximum Gasteiger partial charge on any atom is 0.374 e. The molecular formula is C20H28O4. The number of carbonyl (C=O) groups excluding carboxylic acids is 1. The summed E-state index contributed by atoms with van der Waals surface area (Å²) in [5.74, 6) is 0.0517. The Morgan fingerprint density at radius 3 is 2.88 bits per heavy atom. The molecule has 0 saturated heterocycles. The Hall–Kier alpha value is -1.81. The first-order valence-electron chi connectivity index (χ1n) is 8.63. The summed E-state index contributed by atoms with van der Waals surface area (Å²) in [6.07, 6.45) is 10.0. The molecule has 0 spiro atoms. The fourth-order valence-electron chi connectivity index (χ4n) is 3.07. The van der Waals surface area contributed by atoms with E-state index in [9.17, 15) is 9.90 Å². The third-order valence-corrected chi connectivity index (χ3v) is 4.70. The van der Waals surface area contributed by atoms with Gasteiger partial charge in [-0.15, -0.1) is 0 Å². The van der Waals surface area contributed by atoms with E-state index in [0.29, 0.717) is 6.61 Å². The van der Waals surface area contributed by atoms with Crippen molar-refractivity contribution in [2.24, 2.45) is 5.92 Å². The second kappa shape index (κ2) is 8.34. The summed E-state index contributed by atoms with van der Waals surface area (Å²) in [6, 6.07) is 3.26. The van der Waals surface area contributed by atoms with Crippen molar-refractivity contribution in [2.45, 2.75) is 58.5 Å². The van der Waals surface area contributed by atoms with Crippen LogP contribution in [0.5, 0.6) is 0 Å². The molecule has 0 aromatic carbocycles. The van der Waals surface area contributed by atoms with Gasteiger partial charge in [0.25, 0.3) is 0 Å². The van der Waals surface area contributed by atoms with Gasteiger partial charge >= 0.3 is 5.97 Å². The maximum absolute atomic E-state index is 11.8. The van der Waals surface area contributed by atoms with E-state index >= 15 is 0 Å². The van der Waals surface area contributed by atoms with Crippen molar-refractivity contribution in [3.05, 3.63) is 47.5 Å². The standard InChI is InChI=1S/C20H28O4/c1-15(2)6-4-12-20(3,22)17-10-8-16(9-11-17)14-24-19(21)18-7-5-13-23-18/h5-8,13,17,22H,4,9-12,14H2,1-3H3. The van der Waals surface area contributed by atoms with Crippen LogP contribution in [0.4, 0.5) is 0 Å². The quantitative estimate of drug-likeness (QED) is 0.583. The Morgan fingerprint density at radius 2 is 2.29 bits per heavy atom. The molecule has 0 saturated carbocycles. The van der Waals surface area contributed by atoms with E-state index in [4.69, 9.17) is 9.15 Å². The van der Waals surface area contributed by atoms with Gasteiger partial charge in [0.15, 0.2) is 0 Å². The van der Waals surface area contributed by atoms with Crippen LogP contribution < -0.4 is 0 Å². The number of furan rings is 1.